The quantitative estimate of drug-likeness (QED) is 0.444. The summed E-state index contributed by atoms with van der Waals surface area (Å²) in [5.41, 5.74) is 3.21. The van der Waals surface area contributed by atoms with Gasteiger partial charge in [0, 0.05) is 0 Å². The van der Waals surface area contributed by atoms with Gasteiger partial charge in [0.1, 0.15) is 5.66 Å². The van der Waals surface area contributed by atoms with Crippen LogP contribution in [0.5, 0.6) is 0 Å². The second kappa shape index (κ2) is 2.47. The van der Waals surface area contributed by atoms with Gasteiger partial charge in [-0.2, -0.15) is 0 Å². The minimum absolute atomic E-state index is 0.983. The third-order valence-electron chi connectivity index (χ3n) is 0.916. The molecule has 0 rings (SSSR count). The normalized spacial score (nSPS) is 15.0. The maximum atomic E-state index is 10.2. The standard InChI is InChI=1S/C3H8NO4P/c1-2(3(4)5)9(6,7)8/h2H,1H3,(H2,4,5)(H2,6,7,8). The van der Waals surface area contributed by atoms with E-state index in [1.807, 2.05) is 0 Å². The van der Waals surface area contributed by atoms with Crippen molar-refractivity contribution in [3.63, 3.8) is 0 Å². The number of amides is 1. The van der Waals surface area contributed by atoms with Crippen LogP contribution in [0.4, 0.5) is 0 Å². The van der Waals surface area contributed by atoms with Crippen molar-refractivity contribution in [3.05, 3.63) is 0 Å². The molecule has 0 aromatic heterocycles. The Bertz CT molecular complexity index is 161. The van der Waals surface area contributed by atoms with Gasteiger partial charge in [-0.15, -0.1) is 0 Å². The zero-order valence-corrected chi connectivity index (χ0v) is 5.71. The van der Waals surface area contributed by atoms with E-state index in [-0.39, 0.29) is 0 Å². The molecule has 0 aliphatic rings. The molecule has 0 saturated heterocycles. The van der Waals surface area contributed by atoms with Crippen LogP contribution in [0, 0.1) is 0 Å². The topological polar surface area (TPSA) is 101 Å². The second-order valence-corrected chi connectivity index (χ2v) is 3.62. The summed E-state index contributed by atoms with van der Waals surface area (Å²) in [6.45, 7) is 1.09. The number of rotatable bonds is 2. The van der Waals surface area contributed by atoms with Gasteiger partial charge >= 0.3 is 7.60 Å². The molecular formula is C3H8NO4P. The maximum absolute atomic E-state index is 10.2. The highest BCUT2D eigenvalue weighted by atomic mass is 31.2. The lowest BCUT2D eigenvalue weighted by Gasteiger charge is -2.07. The molecule has 1 atom stereocenters. The van der Waals surface area contributed by atoms with Crippen molar-refractivity contribution in [2.45, 2.75) is 12.6 Å². The number of hydrogen-bond donors (Lipinski definition) is 3. The average molecular weight is 153 g/mol. The van der Waals surface area contributed by atoms with E-state index in [9.17, 15) is 9.36 Å². The Hall–Kier alpha value is -0.380. The first-order valence-electron chi connectivity index (χ1n) is 2.20. The molecule has 0 bridgehead atoms. The molecule has 9 heavy (non-hydrogen) atoms. The largest absolute Gasteiger partial charge is 0.369 e. The van der Waals surface area contributed by atoms with Crippen LogP contribution < -0.4 is 5.73 Å². The summed E-state index contributed by atoms with van der Waals surface area (Å²) in [6.07, 6.45) is 0. The van der Waals surface area contributed by atoms with Crippen LogP contribution in [0.25, 0.3) is 0 Å². The van der Waals surface area contributed by atoms with Crippen LogP contribution in [0.2, 0.25) is 0 Å². The summed E-state index contributed by atoms with van der Waals surface area (Å²) < 4.78 is 10.2. The molecule has 0 aliphatic carbocycles. The summed E-state index contributed by atoms with van der Waals surface area (Å²) >= 11 is 0. The molecule has 5 nitrogen and oxygen atoms in total. The van der Waals surface area contributed by atoms with E-state index in [2.05, 4.69) is 5.73 Å². The van der Waals surface area contributed by atoms with Gasteiger partial charge in [-0.3, -0.25) is 9.36 Å². The maximum Gasteiger partial charge on any atom is 0.337 e. The van der Waals surface area contributed by atoms with Gasteiger partial charge < -0.3 is 15.5 Å². The van der Waals surface area contributed by atoms with E-state index in [1.54, 1.807) is 0 Å². The summed E-state index contributed by atoms with van der Waals surface area (Å²) in [7, 11) is -4.29. The van der Waals surface area contributed by atoms with Crippen molar-refractivity contribution in [2.24, 2.45) is 5.73 Å². The van der Waals surface area contributed by atoms with Crippen LogP contribution in [0.1, 0.15) is 6.92 Å². The van der Waals surface area contributed by atoms with E-state index in [4.69, 9.17) is 9.79 Å². The Labute approximate surface area is 52.0 Å². The van der Waals surface area contributed by atoms with Gasteiger partial charge in [0.05, 0.1) is 0 Å². The molecule has 0 aliphatic heterocycles. The zero-order chi connectivity index (χ0) is 7.65. The van der Waals surface area contributed by atoms with Gasteiger partial charge in [0.15, 0.2) is 0 Å². The van der Waals surface area contributed by atoms with Crippen molar-refractivity contribution in [3.8, 4) is 0 Å². The van der Waals surface area contributed by atoms with Gasteiger partial charge in [-0.25, -0.2) is 0 Å². The SMILES string of the molecule is CC(C(N)=O)P(=O)(O)O. The van der Waals surface area contributed by atoms with E-state index in [1.165, 1.54) is 0 Å². The van der Waals surface area contributed by atoms with Crippen LogP contribution in [0.3, 0.4) is 0 Å². The Morgan fingerprint density at radius 2 is 2.00 bits per heavy atom. The highest BCUT2D eigenvalue weighted by molar-refractivity contribution is 7.53. The van der Waals surface area contributed by atoms with Crippen molar-refractivity contribution < 1.29 is 19.1 Å². The molecule has 54 valence electrons. The van der Waals surface area contributed by atoms with Gasteiger partial charge in [0.2, 0.25) is 5.91 Å². The van der Waals surface area contributed by atoms with Crippen LogP contribution in [-0.4, -0.2) is 21.4 Å². The minimum atomic E-state index is -4.29. The molecule has 0 heterocycles. The van der Waals surface area contributed by atoms with E-state index in [0.29, 0.717) is 0 Å². The third kappa shape index (κ3) is 2.60. The molecule has 1 amide bonds. The second-order valence-electron chi connectivity index (χ2n) is 1.67. The lowest BCUT2D eigenvalue weighted by atomic mass is 10.5. The van der Waals surface area contributed by atoms with Crippen LogP contribution in [0.15, 0.2) is 0 Å². The summed E-state index contributed by atoms with van der Waals surface area (Å²) in [5, 5.41) is 0. The van der Waals surface area contributed by atoms with E-state index in [0.717, 1.165) is 6.92 Å². The molecule has 0 spiro atoms. The van der Waals surface area contributed by atoms with Gasteiger partial charge in [-0.1, -0.05) is 0 Å². The van der Waals surface area contributed by atoms with Gasteiger partial charge in [0.25, 0.3) is 0 Å². The Morgan fingerprint density at radius 1 is 1.67 bits per heavy atom. The first-order chi connectivity index (χ1) is 3.85. The Morgan fingerprint density at radius 3 is 2.00 bits per heavy atom. The van der Waals surface area contributed by atoms with E-state index >= 15 is 0 Å². The fraction of sp³-hybridized carbons (Fsp3) is 0.667. The fourth-order valence-corrected chi connectivity index (χ4v) is 0.497. The molecule has 0 aromatic carbocycles. The summed E-state index contributed by atoms with van der Waals surface area (Å²) in [6, 6.07) is 0. The molecule has 4 N–H and O–H groups in total. The Kier molecular flexibility index (Phi) is 2.37. The number of carbonyl (C=O) groups excluding carboxylic acids is 1. The number of nitrogens with two attached hydrogens (primary N) is 1. The fourth-order valence-electron chi connectivity index (χ4n) is 0.166. The first-order valence-corrected chi connectivity index (χ1v) is 3.88. The molecule has 1 unspecified atom stereocenters. The monoisotopic (exact) mass is 153 g/mol. The number of carbonyl (C=O) groups is 1. The van der Waals surface area contributed by atoms with Crippen molar-refractivity contribution in [2.75, 3.05) is 0 Å². The predicted octanol–water partition coefficient (Wildman–Crippen LogP) is -0.962. The lowest BCUT2D eigenvalue weighted by Crippen LogP contribution is -2.25. The Balaban J connectivity index is 4.23. The molecular weight excluding hydrogens is 145 g/mol. The number of hydrogen-bond acceptors (Lipinski definition) is 2. The van der Waals surface area contributed by atoms with Crippen molar-refractivity contribution in [1.82, 2.24) is 0 Å². The lowest BCUT2D eigenvalue weighted by molar-refractivity contribution is -0.117. The highest BCUT2D eigenvalue weighted by Gasteiger charge is 2.28. The zero-order valence-electron chi connectivity index (χ0n) is 4.81. The van der Waals surface area contributed by atoms with Gasteiger partial charge in [-0.05, 0) is 6.92 Å². The summed E-state index contributed by atoms with van der Waals surface area (Å²) in [5.74, 6) is -0.983. The minimum Gasteiger partial charge on any atom is -0.369 e. The average Bonchev–Trinajstić information content (AvgIpc) is 1.62. The van der Waals surface area contributed by atoms with Crippen molar-refractivity contribution in [1.29, 1.82) is 0 Å². The van der Waals surface area contributed by atoms with Crippen LogP contribution >= 0.6 is 7.60 Å². The smallest absolute Gasteiger partial charge is 0.337 e. The molecule has 0 fully saturated rings. The molecule has 0 saturated carbocycles. The van der Waals surface area contributed by atoms with Crippen LogP contribution in [-0.2, 0) is 9.36 Å². The summed E-state index contributed by atoms with van der Waals surface area (Å²) in [4.78, 5) is 26.6. The first kappa shape index (κ1) is 8.62. The highest BCUT2D eigenvalue weighted by Crippen LogP contribution is 2.40. The molecule has 6 heteroatoms. The predicted molar refractivity (Wildman–Crippen MR) is 30.7 cm³/mol. The van der Waals surface area contributed by atoms with E-state index < -0.39 is 19.2 Å². The third-order valence-corrected chi connectivity index (χ3v) is 2.18. The molecule has 0 aromatic rings. The van der Waals surface area contributed by atoms with Crippen molar-refractivity contribution >= 4 is 13.5 Å². The molecule has 0 radical (unpaired) electrons. The number of primary amides is 1.